The second kappa shape index (κ2) is 7.92. The Bertz CT molecular complexity index is 988. The van der Waals surface area contributed by atoms with Gasteiger partial charge in [-0.3, -0.25) is 9.78 Å². The summed E-state index contributed by atoms with van der Waals surface area (Å²) in [7, 11) is 0. The number of hydrogen-bond acceptors (Lipinski definition) is 3. The summed E-state index contributed by atoms with van der Waals surface area (Å²) in [5.74, 6) is 1.11. The van der Waals surface area contributed by atoms with Crippen LogP contribution in [0.3, 0.4) is 0 Å². The Balaban J connectivity index is 1.78. The third-order valence-electron chi connectivity index (χ3n) is 4.22. The predicted molar refractivity (Wildman–Crippen MR) is 99.0 cm³/mol. The highest BCUT2D eigenvalue weighted by atomic mass is 35.5. The van der Waals surface area contributed by atoms with Crippen molar-refractivity contribution in [1.29, 1.82) is 0 Å². The molecular weight excluding hydrogens is 435 g/mol. The molecule has 2 heterocycles. The van der Waals surface area contributed by atoms with Crippen LogP contribution in [0.15, 0.2) is 23.7 Å². The molecule has 2 aromatic rings. The van der Waals surface area contributed by atoms with Crippen molar-refractivity contribution in [2.45, 2.75) is 37.9 Å². The monoisotopic (exact) mass is 448 g/mol. The molecule has 1 fully saturated rings. The van der Waals surface area contributed by atoms with Crippen molar-refractivity contribution in [2.24, 2.45) is 5.92 Å². The Morgan fingerprint density at radius 1 is 1.34 bits per heavy atom. The first-order chi connectivity index (χ1) is 13.5. The van der Waals surface area contributed by atoms with Crippen molar-refractivity contribution >= 4 is 28.8 Å². The number of hydrogen-bond donors (Lipinski definition) is 1. The van der Waals surface area contributed by atoms with Crippen LogP contribution in [-0.4, -0.2) is 16.9 Å². The minimum absolute atomic E-state index is 0.309. The number of rotatable bonds is 4. The van der Waals surface area contributed by atoms with Crippen molar-refractivity contribution in [3.63, 3.8) is 0 Å². The summed E-state index contributed by atoms with van der Waals surface area (Å²) >= 11 is 6.46. The molecule has 1 aliphatic carbocycles. The molecule has 29 heavy (non-hydrogen) atoms. The number of aromatic nitrogens is 1. The number of amides is 1. The highest BCUT2D eigenvalue weighted by Crippen LogP contribution is 2.37. The van der Waals surface area contributed by atoms with Crippen LogP contribution in [0.4, 0.5) is 22.0 Å². The summed E-state index contributed by atoms with van der Waals surface area (Å²) in [6.07, 6.45) is -1.61. The fourth-order valence-electron chi connectivity index (χ4n) is 2.43. The number of carbonyl (C=O) groups excluding carboxylic acids is 1. The summed E-state index contributed by atoms with van der Waals surface area (Å²) in [5.41, 5.74) is -1.58. The lowest BCUT2D eigenvalue weighted by Gasteiger charge is -2.25. The van der Waals surface area contributed by atoms with Crippen LogP contribution >= 0.6 is 22.9 Å². The molecule has 1 atom stereocenters. The van der Waals surface area contributed by atoms with Crippen LogP contribution in [0.25, 0.3) is 0 Å². The summed E-state index contributed by atoms with van der Waals surface area (Å²) in [6, 6.07) is 0.122. The lowest BCUT2D eigenvalue weighted by Crippen LogP contribution is -2.44. The average molecular weight is 449 g/mol. The molecule has 2 aromatic heterocycles. The maximum Gasteiger partial charge on any atom is 0.417 e. The Kier molecular flexibility index (Phi) is 5.88. The lowest BCUT2D eigenvalue weighted by atomic mass is 10.1. The molecule has 1 N–H and O–H groups in total. The topological polar surface area (TPSA) is 42.0 Å². The van der Waals surface area contributed by atoms with E-state index in [-0.39, 0.29) is 5.02 Å². The average Bonchev–Trinajstić information content (AvgIpc) is 3.31. The van der Waals surface area contributed by atoms with E-state index in [0.717, 1.165) is 37.4 Å². The molecule has 1 saturated carbocycles. The fourth-order valence-corrected chi connectivity index (χ4v) is 3.54. The van der Waals surface area contributed by atoms with Gasteiger partial charge in [-0.25, -0.2) is 0 Å². The zero-order valence-electron chi connectivity index (χ0n) is 14.9. The largest absolute Gasteiger partial charge is 0.417 e. The maximum atomic E-state index is 14.8. The Hall–Kier alpha value is -2.18. The second-order valence-corrected chi connectivity index (χ2v) is 7.90. The van der Waals surface area contributed by atoms with E-state index in [1.807, 2.05) is 5.32 Å². The number of nitrogens with zero attached hydrogens (tertiary/aromatic N) is 1. The van der Waals surface area contributed by atoms with Gasteiger partial charge in [-0.05, 0) is 37.3 Å². The number of carbonyl (C=O) groups is 1. The molecule has 1 amide bonds. The van der Waals surface area contributed by atoms with E-state index in [0.29, 0.717) is 22.8 Å². The zero-order chi connectivity index (χ0) is 21.4. The van der Waals surface area contributed by atoms with Crippen LogP contribution < -0.4 is 5.32 Å². The van der Waals surface area contributed by atoms with Gasteiger partial charge in [0.05, 0.1) is 16.6 Å². The molecule has 3 nitrogen and oxygen atoms in total. The van der Waals surface area contributed by atoms with E-state index < -0.39 is 40.2 Å². The predicted octanol–water partition coefficient (Wildman–Crippen LogP) is 5.49. The first-order valence-electron chi connectivity index (χ1n) is 8.51. The molecular formula is C19H14ClF5N2OS. The fraction of sp³-hybridized carbons (Fsp3) is 0.368. The zero-order valence-corrected chi connectivity index (χ0v) is 16.5. The van der Waals surface area contributed by atoms with E-state index in [1.165, 1.54) is 6.07 Å². The van der Waals surface area contributed by atoms with Crippen LogP contribution in [0.5, 0.6) is 0 Å². The van der Waals surface area contributed by atoms with Gasteiger partial charge in [-0.1, -0.05) is 23.4 Å². The Morgan fingerprint density at radius 3 is 2.62 bits per heavy atom. The van der Waals surface area contributed by atoms with Crippen LogP contribution in [0.2, 0.25) is 5.02 Å². The van der Waals surface area contributed by atoms with Gasteiger partial charge < -0.3 is 5.32 Å². The van der Waals surface area contributed by atoms with Crippen LogP contribution in [0, 0.1) is 17.8 Å². The van der Waals surface area contributed by atoms with E-state index in [2.05, 4.69) is 16.8 Å². The molecule has 1 unspecified atom stereocenters. The van der Waals surface area contributed by atoms with Crippen molar-refractivity contribution < 1.29 is 26.7 Å². The van der Waals surface area contributed by atoms with Gasteiger partial charge in [0, 0.05) is 17.7 Å². The molecule has 10 heteroatoms. The van der Waals surface area contributed by atoms with Crippen LogP contribution in [-0.2, 0) is 12.1 Å². The van der Waals surface area contributed by atoms with Gasteiger partial charge in [-0.15, -0.1) is 11.3 Å². The van der Waals surface area contributed by atoms with Crippen molar-refractivity contribution in [2.75, 3.05) is 0 Å². The summed E-state index contributed by atoms with van der Waals surface area (Å²) in [5, 5.41) is 2.65. The molecule has 0 aromatic carbocycles. The van der Waals surface area contributed by atoms with E-state index in [1.54, 1.807) is 0 Å². The molecule has 0 radical (unpaired) electrons. The number of thiophene rings is 1. The molecule has 0 saturated heterocycles. The molecule has 0 aliphatic heterocycles. The SMILES string of the molecule is CC(NC(=O)c1sccc1C(F)(F)F)C(F)(F)c1ncc(C#CC2CC2)cc1Cl. The standard InChI is InChI=1S/C19H14ClF5N2OS/c1-10(27-17(28)15-13(6-7-29-15)19(23,24)25)18(21,22)16-14(20)8-12(9-26-16)5-4-11-2-3-11/h6-11H,2-3H2,1H3,(H,27,28). The lowest BCUT2D eigenvalue weighted by molar-refractivity contribution is -0.137. The van der Waals surface area contributed by atoms with Gasteiger partial charge in [0.1, 0.15) is 10.6 Å². The van der Waals surface area contributed by atoms with Gasteiger partial charge in [0.2, 0.25) is 0 Å². The first-order valence-corrected chi connectivity index (χ1v) is 9.77. The third kappa shape index (κ3) is 4.87. The highest BCUT2D eigenvalue weighted by Gasteiger charge is 2.44. The minimum Gasteiger partial charge on any atom is -0.342 e. The summed E-state index contributed by atoms with van der Waals surface area (Å²) < 4.78 is 68.3. The normalized spacial score (nSPS) is 15.4. The summed E-state index contributed by atoms with van der Waals surface area (Å²) in [6.45, 7) is 0.970. The van der Waals surface area contributed by atoms with Crippen molar-refractivity contribution in [1.82, 2.24) is 10.3 Å². The Morgan fingerprint density at radius 2 is 2.03 bits per heavy atom. The smallest absolute Gasteiger partial charge is 0.342 e. The molecule has 0 bridgehead atoms. The number of nitrogens with one attached hydrogen (secondary N) is 1. The van der Waals surface area contributed by atoms with Crippen molar-refractivity contribution in [3.05, 3.63) is 50.4 Å². The van der Waals surface area contributed by atoms with E-state index in [4.69, 9.17) is 11.6 Å². The minimum atomic E-state index is -4.76. The second-order valence-electron chi connectivity index (χ2n) is 6.58. The number of pyridine rings is 1. The Labute approximate surface area is 172 Å². The molecule has 3 rings (SSSR count). The van der Waals surface area contributed by atoms with Gasteiger partial charge in [0.25, 0.3) is 5.91 Å². The van der Waals surface area contributed by atoms with Crippen LogP contribution in [0.1, 0.15) is 46.3 Å². The van der Waals surface area contributed by atoms with E-state index in [9.17, 15) is 26.7 Å². The van der Waals surface area contributed by atoms with E-state index >= 15 is 0 Å². The van der Waals surface area contributed by atoms with Gasteiger partial charge in [-0.2, -0.15) is 22.0 Å². The number of halogens is 6. The van der Waals surface area contributed by atoms with Gasteiger partial charge >= 0.3 is 12.1 Å². The molecule has 154 valence electrons. The number of alkyl halides is 5. The highest BCUT2D eigenvalue weighted by molar-refractivity contribution is 7.12. The van der Waals surface area contributed by atoms with Crippen molar-refractivity contribution in [3.8, 4) is 11.8 Å². The first kappa shape index (κ1) is 21.5. The molecule has 1 aliphatic rings. The molecule has 0 spiro atoms. The third-order valence-corrected chi connectivity index (χ3v) is 5.42. The summed E-state index contributed by atoms with van der Waals surface area (Å²) in [4.78, 5) is 15.1. The quantitative estimate of drug-likeness (QED) is 0.496. The maximum absolute atomic E-state index is 14.8. The van der Waals surface area contributed by atoms with Gasteiger partial charge in [0.15, 0.2) is 0 Å².